The first-order valence-corrected chi connectivity index (χ1v) is 3.70. The molecule has 0 amide bonds. The van der Waals surface area contributed by atoms with Gasteiger partial charge < -0.3 is 8.92 Å². The summed E-state index contributed by atoms with van der Waals surface area (Å²) in [4.78, 5) is 0. The molecule has 1 unspecified atom stereocenters. The fraction of sp³-hybridized carbons (Fsp3) is 1.00. The summed E-state index contributed by atoms with van der Waals surface area (Å²) in [5.74, 6) is 1.02. The van der Waals surface area contributed by atoms with Crippen LogP contribution in [0, 0.1) is 0 Å². The second-order valence-corrected chi connectivity index (χ2v) is 2.70. The molecular formula is C5H10O2S. The van der Waals surface area contributed by atoms with Crippen LogP contribution >= 0.6 is 12.0 Å². The molecule has 1 fully saturated rings. The zero-order valence-electron chi connectivity index (χ0n) is 4.92. The van der Waals surface area contributed by atoms with Gasteiger partial charge in [-0.2, -0.15) is 0 Å². The lowest BCUT2D eigenvalue weighted by Gasteiger charge is -1.93. The van der Waals surface area contributed by atoms with E-state index >= 15 is 0 Å². The quantitative estimate of drug-likeness (QED) is 0.326. The molecule has 1 heterocycles. The molecule has 0 saturated carbocycles. The summed E-state index contributed by atoms with van der Waals surface area (Å²) in [6.07, 6.45) is 0.411. The highest BCUT2D eigenvalue weighted by atomic mass is 32.2. The molecule has 0 radical (unpaired) electrons. The molecule has 0 aliphatic carbocycles. The molecule has 0 aromatic rings. The molecule has 0 aromatic heterocycles. The predicted octanol–water partition coefficient (Wildman–Crippen LogP) is 1.07. The van der Waals surface area contributed by atoms with E-state index in [1.807, 2.05) is 0 Å². The summed E-state index contributed by atoms with van der Waals surface area (Å²) < 4.78 is 10.0. The minimum atomic E-state index is 0.411. The molecular weight excluding hydrogens is 124 g/mol. The lowest BCUT2D eigenvalue weighted by molar-refractivity contribution is 0.296. The molecule has 3 heteroatoms. The van der Waals surface area contributed by atoms with Gasteiger partial charge in [0.25, 0.3) is 0 Å². The second kappa shape index (κ2) is 3.33. The Morgan fingerprint density at radius 3 is 3.12 bits per heavy atom. The second-order valence-electron chi connectivity index (χ2n) is 1.65. The van der Waals surface area contributed by atoms with Crippen LogP contribution < -0.4 is 0 Å². The number of rotatable bonds is 4. The van der Waals surface area contributed by atoms with Gasteiger partial charge in [0.1, 0.15) is 6.10 Å². The molecule has 0 aromatic carbocycles. The third kappa shape index (κ3) is 2.55. The first kappa shape index (κ1) is 6.39. The summed E-state index contributed by atoms with van der Waals surface area (Å²) in [6, 6.07) is 0. The molecule has 1 aliphatic rings. The highest BCUT2D eigenvalue weighted by molar-refractivity contribution is 7.94. The van der Waals surface area contributed by atoms with E-state index in [0.717, 1.165) is 19.0 Å². The smallest absolute Gasteiger partial charge is 0.105 e. The van der Waals surface area contributed by atoms with Gasteiger partial charge in [-0.25, -0.2) is 0 Å². The Hall–Kier alpha value is 0.270. The maximum Gasteiger partial charge on any atom is 0.105 e. The van der Waals surface area contributed by atoms with Crippen LogP contribution in [0.15, 0.2) is 0 Å². The van der Waals surface area contributed by atoms with E-state index in [9.17, 15) is 0 Å². The largest absolute Gasteiger partial charge is 0.371 e. The van der Waals surface area contributed by atoms with Crippen molar-refractivity contribution in [2.24, 2.45) is 0 Å². The Morgan fingerprint density at radius 1 is 1.88 bits per heavy atom. The van der Waals surface area contributed by atoms with E-state index in [1.54, 1.807) is 0 Å². The minimum Gasteiger partial charge on any atom is -0.371 e. The van der Waals surface area contributed by atoms with Crippen molar-refractivity contribution in [3.8, 4) is 0 Å². The lowest BCUT2D eigenvalue weighted by atomic mass is 10.5. The Labute approximate surface area is 53.8 Å². The van der Waals surface area contributed by atoms with E-state index in [-0.39, 0.29) is 0 Å². The van der Waals surface area contributed by atoms with Crippen molar-refractivity contribution < 1.29 is 8.92 Å². The van der Waals surface area contributed by atoms with Crippen LogP contribution in [0.4, 0.5) is 0 Å². The van der Waals surface area contributed by atoms with Gasteiger partial charge >= 0.3 is 0 Å². The van der Waals surface area contributed by atoms with Gasteiger partial charge in [0.2, 0.25) is 0 Å². The third-order valence-electron chi connectivity index (χ3n) is 0.857. The summed E-state index contributed by atoms with van der Waals surface area (Å²) in [7, 11) is 0. The molecule has 1 rings (SSSR count). The number of epoxide rings is 1. The van der Waals surface area contributed by atoms with E-state index in [4.69, 9.17) is 8.92 Å². The molecule has 1 aliphatic heterocycles. The fourth-order valence-electron chi connectivity index (χ4n) is 0.372. The average molecular weight is 134 g/mol. The van der Waals surface area contributed by atoms with Crippen LogP contribution in [0.5, 0.6) is 0 Å². The summed E-state index contributed by atoms with van der Waals surface area (Å²) in [5, 5.41) is 0. The summed E-state index contributed by atoms with van der Waals surface area (Å²) >= 11 is 1.50. The van der Waals surface area contributed by atoms with E-state index < -0.39 is 0 Å². The normalized spacial score (nSPS) is 25.9. The monoisotopic (exact) mass is 134 g/mol. The standard InChI is InChI=1S/C5H10O2S/c1-2-8-7-4-5-3-6-5/h5H,2-4H2,1H3. The highest BCUT2D eigenvalue weighted by Gasteiger charge is 2.22. The van der Waals surface area contributed by atoms with Crippen LogP contribution in [0.25, 0.3) is 0 Å². The SMILES string of the molecule is CCSOCC1CO1. The van der Waals surface area contributed by atoms with Crippen LogP contribution in [-0.4, -0.2) is 25.1 Å². The first-order chi connectivity index (χ1) is 3.93. The van der Waals surface area contributed by atoms with Crippen LogP contribution in [0.3, 0.4) is 0 Å². The maximum absolute atomic E-state index is 5.10. The van der Waals surface area contributed by atoms with E-state index in [2.05, 4.69) is 6.92 Å². The zero-order valence-corrected chi connectivity index (χ0v) is 5.74. The van der Waals surface area contributed by atoms with Crippen molar-refractivity contribution in [3.63, 3.8) is 0 Å². The van der Waals surface area contributed by atoms with Crippen molar-refractivity contribution >= 4 is 12.0 Å². The molecule has 1 saturated heterocycles. The van der Waals surface area contributed by atoms with Gasteiger partial charge in [-0.15, -0.1) is 0 Å². The highest BCUT2D eigenvalue weighted by Crippen LogP contribution is 2.12. The molecule has 48 valence electrons. The van der Waals surface area contributed by atoms with E-state index in [0.29, 0.717) is 6.10 Å². The van der Waals surface area contributed by atoms with Crippen molar-refractivity contribution in [2.45, 2.75) is 13.0 Å². The van der Waals surface area contributed by atoms with Crippen molar-refractivity contribution in [1.29, 1.82) is 0 Å². The predicted molar refractivity (Wildman–Crippen MR) is 33.8 cm³/mol. The lowest BCUT2D eigenvalue weighted by Crippen LogP contribution is -1.94. The minimum absolute atomic E-state index is 0.411. The van der Waals surface area contributed by atoms with Crippen molar-refractivity contribution in [1.82, 2.24) is 0 Å². The number of ether oxygens (including phenoxy) is 1. The van der Waals surface area contributed by atoms with Crippen molar-refractivity contribution in [3.05, 3.63) is 0 Å². The van der Waals surface area contributed by atoms with Crippen LogP contribution in [0.1, 0.15) is 6.92 Å². The number of hydrogen-bond donors (Lipinski definition) is 0. The van der Waals surface area contributed by atoms with E-state index in [1.165, 1.54) is 12.0 Å². The van der Waals surface area contributed by atoms with Gasteiger partial charge in [0.15, 0.2) is 0 Å². The van der Waals surface area contributed by atoms with Gasteiger partial charge in [-0.3, -0.25) is 0 Å². The molecule has 0 N–H and O–H groups in total. The topological polar surface area (TPSA) is 21.8 Å². The number of hydrogen-bond acceptors (Lipinski definition) is 3. The molecule has 2 nitrogen and oxygen atoms in total. The molecule has 0 bridgehead atoms. The van der Waals surface area contributed by atoms with Gasteiger partial charge in [0.05, 0.1) is 13.2 Å². The summed E-state index contributed by atoms with van der Waals surface area (Å²) in [6.45, 7) is 3.72. The Bertz CT molecular complexity index is 63.4. The molecule has 8 heavy (non-hydrogen) atoms. The maximum atomic E-state index is 5.10. The molecule has 1 atom stereocenters. The average Bonchev–Trinajstić information content (AvgIpc) is 2.51. The van der Waals surface area contributed by atoms with Gasteiger partial charge in [0, 0.05) is 5.75 Å². The zero-order chi connectivity index (χ0) is 5.82. The summed E-state index contributed by atoms with van der Waals surface area (Å²) in [5.41, 5.74) is 0. The third-order valence-corrected chi connectivity index (χ3v) is 1.40. The van der Waals surface area contributed by atoms with Crippen molar-refractivity contribution in [2.75, 3.05) is 19.0 Å². The first-order valence-electron chi connectivity index (χ1n) is 2.79. The molecule has 0 spiro atoms. The van der Waals surface area contributed by atoms with Gasteiger partial charge in [-0.05, 0) is 12.0 Å². The Balaban J connectivity index is 1.74. The van der Waals surface area contributed by atoms with Gasteiger partial charge in [-0.1, -0.05) is 6.92 Å². The fourth-order valence-corrected chi connectivity index (χ4v) is 0.786. The Morgan fingerprint density at radius 2 is 2.62 bits per heavy atom. The van der Waals surface area contributed by atoms with Crippen LogP contribution in [0.2, 0.25) is 0 Å². The van der Waals surface area contributed by atoms with Crippen LogP contribution in [-0.2, 0) is 8.92 Å². The Kier molecular flexibility index (Phi) is 2.66.